The van der Waals surface area contributed by atoms with Crippen molar-refractivity contribution in [2.24, 2.45) is 34.0 Å². The van der Waals surface area contributed by atoms with Gasteiger partial charge in [-0.3, -0.25) is 14.4 Å². The third kappa shape index (κ3) is 2.56. The number of carboxylic acid groups (broad SMARTS) is 2. The lowest BCUT2D eigenvalue weighted by molar-refractivity contribution is -0.187. The van der Waals surface area contributed by atoms with Gasteiger partial charge in [0.2, 0.25) is 0 Å². The summed E-state index contributed by atoms with van der Waals surface area (Å²) in [4.78, 5) is 36.9. The Morgan fingerprint density at radius 3 is 2.52 bits per heavy atom. The van der Waals surface area contributed by atoms with Gasteiger partial charge in [0.15, 0.2) is 5.78 Å². The molecule has 33 heavy (non-hydrogen) atoms. The molecule has 3 N–H and O–H groups in total. The van der Waals surface area contributed by atoms with Crippen LogP contribution >= 0.6 is 0 Å². The molecule has 0 amide bonds. The van der Waals surface area contributed by atoms with Gasteiger partial charge < -0.3 is 20.1 Å². The monoisotopic (exact) mass is 460 g/mol. The van der Waals surface area contributed by atoms with Crippen molar-refractivity contribution in [3.63, 3.8) is 0 Å². The van der Waals surface area contributed by atoms with Crippen LogP contribution in [0.15, 0.2) is 11.6 Å². The average Bonchev–Trinajstić information content (AvgIpc) is 3.38. The number of carbonyl (C=O) groups excluding carboxylic acids is 1. The van der Waals surface area contributed by atoms with E-state index in [0.717, 1.165) is 5.57 Å². The molecule has 1 aliphatic heterocycles. The minimum atomic E-state index is -1.16. The maximum absolute atomic E-state index is 13.2. The molecule has 0 radical (unpaired) electrons. The first-order chi connectivity index (χ1) is 15.3. The molecule has 5 rings (SSSR count). The molecule has 8 atom stereocenters. The fourth-order valence-electron chi connectivity index (χ4n) is 8.96. The Bertz CT molecular complexity index is 970. The van der Waals surface area contributed by atoms with E-state index in [4.69, 9.17) is 4.74 Å². The van der Waals surface area contributed by atoms with Crippen molar-refractivity contribution in [3.8, 4) is 0 Å². The predicted octanol–water partition coefficient (Wildman–Crippen LogP) is 3.58. The van der Waals surface area contributed by atoms with Crippen LogP contribution in [-0.4, -0.2) is 50.3 Å². The standard InChI is InChI=1S/C26H36O7/c1-14(2)25(21(30)31)12-15-11-16(27)5-8-22(15,3)26-18(33-26)13-23(4)17(20(25)26)6-9-24(23,32)10-7-19(28)29/h11,14,17-18,20,32H,5-10,12-13H2,1-4H3,(H,28,29)(H,30,31)/t17-,18?,20+,22-,23-,24-,25?,26?/m0/s1. The summed E-state index contributed by atoms with van der Waals surface area (Å²) in [5, 5.41) is 31.8. The number of rotatable bonds is 5. The van der Waals surface area contributed by atoms with Gasteiger partial charge in [0.05, 0.1) is 17.1 Å². The van der Waals surface area contributed by atoms with Crippen LogP contribution < -0.4 is 0 Å². The number of aliphatic hydroxyl groups is 1. The second-order valence-corrected chi connectivity index (χ2v) is 12.2. The number of epoxide rings is 1. The summed E-state index contributed by atoms with van der Waals surface area (Å²) in [5.74, 6) is -2.33. The lowest BCUT2D eigenvalue weighted by Crippen LogP contribution is -2.68. The predicted molar refractivity (Wildman–Crippen MR) is 118 cm³/mol. The number of ether oxygens (including phenoxy) is 1. The summed E-state index contributed by atoms with van der Waals surface area (Å²) in [7, 11) is 0. The molecule has 0 bridgehead atoms. The van der Waals surface area contributed by atoms with E-state index in [0.29, 0.717) is 38.5 Å². The van der Waals surface area contributed by atoms with Crippen molar-refractivity contribution in [1.29, 1.82) is 0 Å². The van der Waals surface area contributed by atoms with Crippen LogP contribution in [0.5, 0.6) is 0 Å². The number of ketones is 1. The van der Waals surface area contributed by atoms with E-state index in [1.165, 1.54) is 0 Å². The van der Waals surface area contributed by atoms with E-state index in [1.807, 2.05) is 20.8 Å². The fourth-order valence-corrected chi connectivity index (χ4v) is 8.96. The fraction of sp³-hybridized carbons (Fsp3) is 0.808. The van der Waals surface area contributed by atoms with E-state index < -0.39 is 39.4 Å². The Kier molecular flexibility index (Phi) is 4.67. The lowest BCUT2D eigenvalue weighted by Gasteiger charge is -2.63. The molecule has 0 aromatic heterocycles. The van der Waals surface area contributed by atoms with Gasteiger partial charge in [-0.1, -0.05) is 33.3 Å². The lowest BCUT2D eigenvalue weighted by atomic mass is 9.38. The molecule has 3 unspecified atom stereocenters. The van der Waals surface area contributed by atoms with E-state index >= 15 is 0 Å². The summed E-state index contributed by atoms with van der Waals surface area (Å²) in [6.45, 7) is 8.08. The Labute approximate surface area is 194 Å². The molecular formula is C26H36O7. The maximum Gasteiger partial charge on any atom is 0.310 e. The summed E-state index contributed by atoms with van der Waals surface area (Å²) >= 11 is 0. The van der Waals surface area contributed by atoms with Gasteiger partial charge in [-0.2, -0.15) is 0 Å². The van der Waals surface area contributed by atoms with Crippen LogP contribution in [0.1, 0.15) is 79.1 Å². The van der Waals surface area contributed by atoms with Gasteiger partial charge in [0.25, 0.3) is 0 Å². The first-order valence-electron chi connectivity index (χ1n) is 12.4. The summed E-state index contributed by atoms with van der Waals surface area (Å²) in [5.41, 5.74) is -3.01. The van der Waals surface area contributed by atoms with Gasteiger partial charge >= 0.3 is 11.9 Å². The first-order valence-corrected chi connectivity index (χ1v) is 12.4. The Morgan fingerprint density at radius 1 is 1.21 bits per heavy atom. The van der Waals surface area contributed by atoms with Crippen molar-refractivity contribution in [2.45, 2.75) is 96.4 Å². The van der Waals surface area contributed by atoms with Gasteiger partial charge in [-0.15, -0.1) is 0 Å². The normalized spacial score (nSPS) is 50.1. The first kappa shape index (κ1) is 23.0. The zero-order chi connectivity index (χ0) is 24.2. The highest BCUT2D eigenvalue weighted by Gasteiger charge is 2.85. The van der Waals surface area contributed by atoms with Gasteiger partial charge in [-0.05, 0) is 56.4 Å². The van der Waals surface area contributed by atoms with E-state index in [1.54, 1.807) is 6.08 Å². The average molecular weight is 461 g/mol. The number of fused-ring (bicyclic) bond motifs is 3. The Balaban J connectivity index is 1.68. The topological polar surface area (TPSA) is 124 Å². The van der Waals surface area contributed by atoms with E-state index in [2.05, 4.69) is 6.92 Å². The van der Waals surface area contributed by atoms with E-state index in [9.17, 15) is 29.7 Å². The van der Waals surface area contributed by atoms with Gasteiger partial charge in [-0.25, -0.2) is 0 Å². The van der Waals surface area contributed by atoms with Crippen LogP contribution in [0.2, 0.25) is 0 Å². The van der Waals surface area contributed by atoms with Crippen LogP contribution in [-0.2, 0) is 19.1 Å². The highest BCUT2D eigenvalue weighted by molar-refractivity contribution is 5.92. The molecule has 0 aromatic carbocycles. The smallest absolute Gasteiger partial charge is 0.310 e. The van der Waals surface area contributed by atoms with Crippen LogP contribution in [0, 0.1) is 34.0 Å². The number of aliphatic carboxylic acids is 2. The molecule has 7 heteroatoms. The van der Waals surface area contributed by atoms with Gasteiger partial charge in [0.1, 0.15) is 5.60 Å². The highest BCUT2D eigenvalue weighted by Crippen LogP contribution is 2.80. The Morgan fingerprint density at radius 2 is 1.91 bits per heavy atom. The van der Waals surface area contributed by atoms with Crippen molar-refractivity contribution in [2.75, 3.05) is 0 Å². The molecule has 1 saturated heterocycles. The molecule has 4 fully saturated rings. The van der Waals surface area contributed by atoms with Crippen LogP contribution in [0.3, 0.4) is 0 Å². The summed E-state index contributed by atoms with van der Waals surface area (Å²) in [6, 6.07) is 0. The number of hydrogen-bond donors (Lipinski definition) is 3. The third-order valence-corrected chi connectivity index (χ3v) is 11.0. The van der Waals surface area contributed by atoms with Gasteiger partial charge in [0, 0.05) is 29.6 Å². The maximum atomic E-state index is 13.2. The minimum Gasteiger partial charge on any atom is -0.481 e. The SMILES string of the molecule is CC(C)C1(C(=O)O)CC2=CC(=O)CC[C@]2(C)C23OC2C[C@@]2(C)[C@@H](CC[C@]2(O)CCC(=O)O)[C@H]13. The summed E-state index contributed by atoms with van der Waals surface area (Å²) < 4.78 is 6.61. The van der Waals surface area contributed by atoms with Crippen molar-refractivity contribution in [1.82, 2.24) is 0 Å². The highest BCUT2D eigenvalue weighted by atomic mass is 16.6. The zero-order valence-electron chi connectivity index (χ0n) is 20.0. The Hall–Kier alpha value is -1.73. The van der Waals surface area contributed by atoms with Crippen LogP contribution in [0.4, 0.5) is 0 Å². The molecule has 3 saturated carbocycles. The molecule has 7 nitrogen and oxygen atoms in total. The second-order valence-electron chi connectivity index (χ2n) is 12.2. The summed E-state index contributed by atoms with van der Waals surface area (Å²) in [6.07, 6.45) is 4.71. The molecule has 5 aliphatic rings. The van der Waals surface area contributed by atoms with E-state index in [-0.39, 0.29) is 42.5 Å². The van der Waals surface area contributed by atoms with Crippen LogP contribution in [0.25, 0.3) is 0 Å². The number of hydrogen-bond acceptors (Lipinski definition) is 5. The number of carbonyl (C=O) groups is 3. The molecule has 4 aliphatic carbocycles. The van der Waals surface area contributed by atoms with Crippen molar-refractivity contribution < 1.29 is 34.4 Å². The molecular weight excluding hydrogens is 424 g/mol. The largest absolute Gasteiger partial charge is 0.481 e. The minimum absolute atomic E-state index is 0.0575. The zero-order valence-corrected chi connectivity index (χ0v) is 20.0. The molecule has 1 spiro atoms. The quantitative estimate of drug-likeness (QED) is 0.536. The molecule has 182 valence electrons. The number of carboxylic acids is 2. The molecule has 0 aromatic rings. The third-order valence-electron chi connectivity index (χ3n) is 11.0. The molecule has 1 heterocycles. The van der Waals surface area contributed by atoms with Crippen molar-refractivity contribution >= 4 is 17.7 Å². The second kappa shape index (κ2) is 6.69. The van der Waals surface area contributed by atoms with Crippen molar-refractivity contribution in [3.05, 3.63) is 11.6 Å².